The maximum atomic E-state index is 12.5. The Morgan fingerprint density at radius 2 is 1.24 bits per heavy atom. The number of amides is 2. The largest absolute Gasteiger partial charge is 0.480 e. The summed E-state index contributed by atoms with van der Waals surface area (Å²) in [5.41, 5.74) is 5.60. The molecule has 2 amide bonds. The lowest BCUT2D eigenvalue weighted by Gasteiger charge is -2.30. The molecule has 2 saturated carbocycles. The second-order valence-electron chi connectivity index (χ2n) is 10.3. The molecule has 188 valence electrons. The first-order chi connectivity index (χ1) is 15.9. The molecule has 2 heterocycles. The highest BCUT2D eigenvalue weighted by Gasteiger charge is 2.42. The molecule has 0 unspecified atom stereocenters. The highest BCUT2D eigenvalue weighted by Crippen LogP contribution is 2.25. The lowest BCUT2D eigenvalue weighted by molar-refractivity contribution is -0.151. The van der Waals surface area contributed by atoms with Crippen LogP contribution in [0.25, 0.3) is 0 Å². The van der Waals surface area contributed by atoms with Crippen molar-refractivity contribution < 1.29 is 19.5 Å². The van der Waals surface area contributed by atoms with Gasteiger partial charge in [-0.15, -0.1) is 0 Å². The van der Waals surface area contributed by atoms with Crippen molar-refractivity contribution in [2.75, 3.05) is 13.1 Å². The van der Waals surface area contributed by atoms with Gasteiger partial charge in [0.1, 0.15) is 12.1 Å². The molecule has 3 atom stereocenters. The van der Waals surface area contributed by atoms with Crippen molar-refractivity contribution in [3.05, 3.63) is 0 Å². The molecule has 8 nitrogen and oxygen atoms in total. The van der Waals surface area contributed by atoms with Gasteiger partial charge < -0.3 is 26.0 Å². The highest BCUT2D eigenvalue weighted by atomic mass is 16.4. The number of carboxylic acids is 1. The van der Waals surface area contributed by atoms with E-state index in [1.54, 1.807) is 6.92 Å². The molecule has 2 saturated heterocycles. The highest BCUT2D eigenvalue weighted by molar-refractivity contribution is 5.92. The van der Waals surface area contributed by atoms with Gasteiger partial charge in [0.05, 0.1) is 6.04 Å². The van der Waals surface area contributed by atoms with Gasteiger partial charge in [0.2, 0.25) is 11.8 Å². The van der Waals surface area contributed by atoms with Gasteiger partial charge in [0.15, 0.2) is 0 Å². The quantitative estimate of drug-likeness (QED) is 0.576. The van der Waals surface area contributed by atoms with Gasteiger partial charge in [0, 0.05) is 25.2 Å². The van der Waals surface area contributed by atoms with Crippen LogP contribution in [0.2, 0.25) is 0 Å². The first-order valence-corrected chi connectivity index (χ1v) is 13.2. The first kappa shape index (κ1) is 25.9. The van der Waals surface area contributed by atoms with E-state index in [4.69, 9.17) is 10.8 Å². The molecule has 0 aromatic heterocycles. The van der Waals surface area contributed by atoms with Gasteiger partial charge in [-0.2, -0.15) is 0 Å². The number of aliphatic carboxylic acids is 1. The number of hydrogen-bond donors (Lipinski definition) is 3. The maximum Gasteiger partial charge on any atom is 0.326 e. The third kappa shape index (κ3) is 7.15. The summed E-state index contributed by atoms with van der Waals surface area (Å²) in [6.07, 6.45) is 17.1. The van der Waals surface area contributed by atoms with Crippen LogP contribution in [0.15, 0.2) is 0 Å². The van der Waals surface area contributed by atoms with E-state index in [1.165, 1.54) is 74.0 Å². The molecule has 0 aromatic rings. The normalized spacial score (nSPS) is 27.7. The summed E-state index contributed by atoms with van der Waals surface area (Å²) >= 11 is 0. The number of rotatable bonds is 5. The summed E-state index contributed by atoms with van der Waals surface area (Å²) in [5.74, 6) is -1.47. The van der Waals surface area contributed by atoms with Gasteiger partial charge in [-0.3, -0.25) is 9.59 Å². The van der Waals surface area contributed by atoms with Crippen molar-refractivity contribution >= 4 is 17.8 Å². The van der Waals surface area contributed by atoms with Crippen LogP contribution in [0.1, 0.15) is 96.8 Å². The number of nitrogens with zero attached hydrogens (tertiary/aromatic N) is 2. The smallest absolute Gasteiger partial charge is 0.326 e. The number of likely N-dealkylation sites (tertiary alicyclic amines) is 2. The fraction of sp³-hybridized carbons (Fsp3) is 0.880. The minimum atomic E-state index is -0.973. The van der Waals surface area contributed by atoms with Crippen molar-refractivity contribution in [1.29, 1.82) is 0 Å². The standard InChI is InChI=1S/C13H21N3O4.C12H23N/c1-8(14)11(17)15-6-2-4-9(15)12(18)16-7-3-5-10(16)13(19)20;1-3-7-11(8-4-1)13-12-9-5-2-6-10-12/h8-10H,2-7,14H2,1H3,(H,19,20);11-13H,1-10H2/t8-,9-,10-;/m0./s1. The van der Waals surface area contributed by atoms with Crippen LogP contribution in [-0.4, -0.2) is 76.0 Å². The molecule has 4 rings (SSSR count). The topological polar surface area (TPSA) is 116 Å². The third-order valence-electron chi connectivity index (χ3n) is 7.71. The lowest BCUT2D eigenvalue weighted by Crippen LogP contribution is -2.53. The molecule has 4 N–H and O–H groups in total. The summed E-state index contributed by atoms with van der Waals surface area (Å²) in [6.45, 7) is 2.56. The Morgan fingerprint density at radius 3 is 1.73 bits per heavy atom. The van der Waals surface area contributed by atoms with Crippen LogP contribution < -0.4 is 11.1 Å². The molecule has 0 spiro atoms. The fourth-order valence-electron chi connectivity index (χ4n) is 5.90. The van der Waals surface area contributed by atoms with Crippen LogP contribution >= 0.6 is 0 Å². The molecule has 4 fully saturated rings. The summed E-state index contributed by atoms with van der Waals surface area (Å²) in [5, 5.41) is 13.0. The van der Waals surface area contributed by atoms with Crippen molar-refractivity contribution in [3.63, 3.8) is 0 Å². The Hall–Kier alpha value is -1.67. The van der Waals surface area contributed by atoms with E-state index in [0.29, 0.717) is 32.4 Å². The van der Waals surface area contributed by atoms with E-state index in [2.05, 4.69) is 5.32 Å². The molecule has 2 aliphatic heterocycles. The number of carbonyl (C=O) groups is 3. The monoisotopic (exact) mass is 464 g/mol. The van der Waals surface area contributed by atoms with Crippen molar-refractivity contribution in [2.45, 2.75) is 127 Å². The van der Waals surface area contributed by atoms with Crippen molar-refractivity contribution in [1.82, 2.24) is 15.1 Å². The van der Waals surface area contributed by atoms with Gasteiger partial charge in [-0.1, -0.05) is 38.5 Å². The number of nitrogens with two attached hydrogens (primary N) is 1. The number of carbonyl (C=O) groups excluding carboxylic acids is 2. The predicted molar refractivity (Wildman–Crippen MR) is 128 cm³/mol. The Bertz CT molecular complexity index is 643. The first-order valence-electron chi connectivity index (χ1n) is 13.2. The van der Waals surface area contributed by atoms with Crippen LogP contribution in [0, 0.1) is 0 Å². The molecular formula is C25H44N4O4. The fourth-order valence-corrected chi connectivity index (χ4v) is 5.90. The zero-order chi connectivity index (χ0) is 23.8. The Kier molecular flexibility index (Phi) is 9.98. The van der Waals surface area contributed by atoms with Gasteiger partial charge in [-0.25, -0.2) is 4.79 Å². The maximum absolute atomic E-state index is 12.5. The third-order valence-corrected chi connectivity index (χ3v) is 7.71. The van der Waals surface area contributed by atoms with Gasteiger partial charge in [0.25, 0.3) is 0 Å². The zero-order valence-electron chi connectivity index (χ0n) is 20.3. The molecular weight excluding hydrogens is 420 g/mol. The molecule has 0 bridgehead atoms. The van der Waals surface area contributed by atoms with Crippen molar-refractivity contribution in [3.8, 4) is 0 Å². The minimum absolute atomic E-state index is 0.244. The Labute approximate surface area is 198 Å². The summed E-state index contributed by atoms with van der Waals surface area (Å²) in [7, 11) is 0. The van der Waals surface area contributed by atoms with Crippen LogP contribution in [0.5, 0.6) is 0 Å². The zero-order valence-corrected chi connectivity index (χ0v) is 20.3. The Morgan fingerprint density at radius 1 is 0.758 bits per heavy atom. The van der Waals surface area contributed by atoms with Crippen LogP contribution in [0.3, 0.4) is 0 Å². The molecule has 0 radical (unpaired) electrons. The van der Waals surface area contributed by atoms with E-state index >= 15 is 0 Å². The van der Waals surface area contributed by atoms with E-state index in [0.717, 1.165) is 18.5 Å². The second kappa shape index (κ2) is 12.7. The van der Waals surface area contributed by atoms with Crippen molar-refractivity contribution in [2.24, 2.45) is 5.73 Å². The molecule has 4 aliphatic rings. The van der Waals surface area contributed by atoms with E-state index < -0.39 is 24.1 Å². The Balaban J connectivity index is 0.000000203. The van der Waals surface area contributed by atoms with Crippen LogP contribution in [-0.2, 0) is 14.4 Å². The van der Waals surface area contributed by atoms with Gasteiger partial charge >= 0.3 is 5.97 Å². The van der Waals surface area contributed by atoms with E-state index in [-0.39, 0.29) is 11.8 Å². The predicted octanol–water partition coefficient (Wildman–Crippen LogP) is 2.64. The number of nitrogens with one attached hydrogen (secondary N) is 1. The summed E-state index contributed by atoms with van der Waals surface area (Å²) in [4.78, 5) is 38.6. The van der Waals surface area contributed by atoms with Gasteiger partial charge in [-0.05, 0) is 58.3 Å². The summed E-state index contributed by atoms with van der Waals surface area (Å²) in [6, 6.07) is -0.199. The number of carboxylic acid groups (broad SMARTS) is 1. The van der Waals surface area contributed by atoms with E-state index in [9.17, 15) is 14.4 Å². The molecule has 0 aromatic carbocycles. The van der Waals surface area contributed by atoms with Crippen LogP contribution in [0.4, 0.5) is 0 Å². The minimum Gasteiger partial charge on any atom is -0.480 e. The average molecular weight is 465 g/mol. The molecule has 2 aliphatic carbocycles. The average Bonchev–Trinajstić information content (AvgIpc) is 3.50. The van der Waals surface area contributed by atoms with E-state index in [1.807, 2.05) is 0 Å². The SMILES string of the molecule is C1CCC(NC2CCCCC2)CC1.C[C@H](N)C(=O)N1CCC[C@H]1C(=O)N1CCC[C@H]1C(=O)O. The second-order valence-corrected chi connectivity index (χ2v) is 10.3. The molecule has 33 heavy (non-hydrogen) atoms. The summed E-state index contributed by atoms with van der Waals surface area (Å²) < 4.78 is 0. The molecule has 8 heteroatoms. The number of hydrogen-bond acceptors (Lipinski definition) is 5. The lowest BCUT2D eigenvalue weighted by atomic mass is 9.91.